The summed E-state index contributed by atoms with van der Waals surface area (Å²) in [5.41, 5.74) is 0.707. The zero-order valence-corrected chi connectivity index (χ0v) is 13.1. The van der Waals surface area contributed by atoms with Gasteiger partial charge in [0.1, 0.15) is 5.82 Å². The molecule has 0 bridgehead atoms. The zero-order chi connectivity index (χ0) is 14.8. The predicted molar refractivity (Wildman–Crippen MR) is 81.5 cm³/mol. The third-order valence-electron chi connectivity index (χ3n) is 4.54. The van der Waals surface area contributed by atoms with Crippen LogP contribution >= 0.6 is 11.6 Å². The van der Waals surface area contributed by atoms with Gasteiger partial charge in [0.15, 0.2) is 0 Å². The van der Waals surface area contributed by atoms with Gasteiger partial charge >= 0.3 is 0 Å². The highest BCUT2D eigenvalue weighted by molar-refractivity contribution is 6.31. The smallest absolute Gasteiger partial charge is 0.123 e. The lowest BCUT2D eigenvalue weighted by atomic mass is 9.72. The van der Waals surface area contributed by atoms with Crippen molar-refractivity contribution in [3.05, 3.63) is 34.6 Å². The lowest BCUT2D eigenvalue weighted by Crippen LogP contribution is -2.35. The van der Waals surface area contributed by atoms with Crippen LogP contribution in [0.1, 0.15) is 51.5 Å². The molecule has 112 valence electrons. The van der Waals surface area contributed by atoms with E-state index in [1.54, 1.807) is 6.07 Å². The highest BCUT2D eigenvalue weighted by atomic mass is 35.5. The molecule has 1 aliphatic carbocycles. The monoisotopic (exact) mass is 298 g/mol. The molecule has 1 atom stereocenters. The summed E-state index contributed by atoms with van der Waals surface area (Å²) >= 11 is 6.12. The van der Waals surface area contributed by atoms with E-state index in [4.69, 9.17) is 11.6 Å². The molecule has 1 saturated carbocycles. The minimum absolute atomic E-state index is 0.0101. The first kappa shape index (κ1) is 15.8. The summed E-state index contributed by atoms with van der Waals surface area (Å²) < 4.78 is 13.3. The summed E-state index contributed by atoms with van der Waals surface area (Å²) in [6.07, 6.45) is 5.54. The Kier molecular flexibility index (Phi) is 5.09. The Morgan fingerprint density at radius 3 is 2.55 bits per heavy atom. The summed E-state index contributed by atoms with van der Waals surface area (Å²) in [6, 6.07) is 4.38. The summed E-state index contributed by atoms with van der Waals surface area (Å²) in [5, 5.41) is 11.3. The summed E-state index contributed by atoms with van der Waals surface area (Å²) in [4.78, 5) is 0. The van der Waals surface area contributed by atoms with Crippen molar-refractivity contribution in [2.45, 2.75) is 58.5 Å². The molecular formula is C17H24ClFO. The third-order valence-corrected chi connectivity index (χ3v) is 4.91. The van der Waals surface area contributed by atoms with Crippen molar-refractivity contribution in [3.8, 4) is 0 Å². The molecule has 1 fully saturated rings. The van der Waals surface area contributed by atoms with Gasteiger partial charge in [0, 0.05) is 11.4 Å². The zero-order valence-electron chi connectivity index (χ0n) is 12.3. The molecule has 1 nitrogen and oxygen atoms in total. The second-order valence-corrected chi connectivity index (χ2v) is 7.03. The highest BCUT2D eigenvalue weighted by Gasteiger charge is 2.40. The highest BCUT2D eigenvalue weighted by Crippen LogP contribution is 2.47. The van der Waals surface area contributed by atoms with Crippen LogP contribution in [0.25, 0.3) is 0 Å². The molecule has 3 heteroatoms. The first-order chi connectivity index (χ1) is 9.43. The van der Waals surface area contributed by atoms with Crippen LogP contribution in [0.4, 0.5) is 4.39 Å². The maximum atomic E-state index is 13.3. The van der Waals surface area contributed by atoms with E-state index >= 15 is 0 Å². The molecule has 1 aromatic rings. The number of benzene rings is 1. The largest absolute Gasteiger partial charge is 0.392 e. The van der Waals surface area contributed by atoms with Gasteiger partial charge < -0.3 is 5.11 Å². The van der Waals surface area contributed by atoms with Gasteiger partial charge in [-0.2, -0.15) is 0 Å². The third kappa shape index (κ3) is 3.53. The molecule has 1 aromatic carbocycles. The number of aliphatic hydroxyl groups is 1. The molecule has 1 aliphatic rings. The van der Waals surface area contributed by atoms with Gasteiger partial charge in [-0.05, 0) is 54.4 Å². The summed E-state index contributed by atoms with van der Waals surface area (Å²) in [7, 11) is 0. The fourth-order valence-corrected chi connectivity index (χ4v) is 3.88. The van der Waals surface area contributed by atoms with Gasteiger partial charge in [0.05, 0.1) is 6.10 Å². The van der Waals surface area contributed by atoms with Crippen LogP contribution < -0.4 is 0 Å². The standard InChI is InChI=1S/C17H24ClFO/c1-12(2)11-17(7-3-4-8-17)16(20)10-13-9-14(19)5-6-15(13)18/h5-6,9,12,16,20H,3-4,7-8,10-11H2,1-2H3. The van der Waals surface area contributed by atoms with Crippen LogP contribution in [0.2, 0.25) is 5.02 Å². The topological polar surface area (TPSA) is 20.2 Å². The number of rotatable bonds is 5. The van der Waals surface area contributed by atoms with Crippen LogP contribution in [-0.2, 0) is 6.42 Å². The van der Waals surface area contributed by atoms with Crippen LogP contribution in [-0.4, -0.2) is 11.2 Å². The van der Waals surface area contributed by atoms with Gasteiger partial charge in [0.25, 0.3) is 0 Å². The van der Waals surface area contributed by atoms with E-state index in [0.717, 1.165) is 19.3 Å². The SMILES string of the molecule is CC(C)CC1(C(O)Cc2cc(F)ccc2Cl)CCCC1. The van der Waals surface area contributed by atoms with E-state index in [0.29, 0.717) is 22.9 Å². The molecular weight excluding hydrogens is 275 g/mol. The van der Waals surface area contributed by atoms with Gasteiger partial charge in [-0.25, -0.2) is 4.39 Å². The fourth-order valence-electron chi connectivity index (χ4n) is 3.69. The van der Waals surface area contributed by atoms with Crippen LogP contribution in [0.15, 0.2) is 18.2 Å². The summed E-state index contributed by atoms with van der Waals surface area (Å²) in [6.45, 7) is 4.39. The van der Waals surface area contributed by atoms with E-state index in [9.17, 15) is 9.50 Å². The number of halogens is 2. The lowest BCUT2D eigenvalue weighted by Gasteiger charge is -2.36. The fraction of sp³-hybridized carbons (Fsp3) is 0.647. The Morgan fingerprint density at radius 2 is 1.95 bits per heavy atom. The maximum Gasteiger partial charge on any atom is 0.123 e. The van der Waals surface area contributed by atoms with E-state index in [2.05, 4.69) is 13.8 Å². The number of aliphatic hydroxyl groups excluding tert-OH is 1. The second kappa shape index (κ2) is 6.44. The molecule has 2 rings (SSSR count). The molecule has 0 aliphatic heterocycles. The predicted octanol–water partition coefficient (Wildman–Crippen LogP) is 4.99. The van der Waals surface area contributed by atoms with Crippen LogP contribution in [0, 0.1) is 17.2 Å². The van der Waals surface area contributed by atoms with E-state index < -0.39 is 6.10 Å². The Morgan fingerprint density at radius 1 is 1.30 bits per heavy atom. The first-order valence-electron chi connectivity index (χ1n) is 7.55. The Balaban J connectivity index is 2.16. The van der Waals surface area contributed by atoms with Gasteiger partial charge in [-0.1, -0.05) is 38.3 Å². The molecule has 1 N–H and O–H groups in total. The average molecular weight is 299 g/mol. The maximum absolute atomic E-state index is 13.3. The Labute approximate surface area is 126 Å². The van der Waals surface area contributed by atoms with Crippen molar-refractivity contribution in [3.63, 3.8) is 0 Å². The Hall–Kier alpha value is -0.600. The molecule has 0 heterocycles. The van der Waals surface area contributed by atoms with Gasteiger partial charge in [-0.3, -0.25) is 0 Å². The normalized spacial score (nSPS) is 19.5. The van der Waals surface area contributed by atoms with Crippen LogP contribution in [0.3, 0.4) is 0 Å². The average Bonchev–Trinajstić information content (AvgIpc) is 2.82. The number of hydrogen-bond donors (Lipinski definition) is 1. The molecule has 0 radical (unpaired) electrons. The van der Waals surface area contributed by atoms with Crippen molar-refractivity contribution in [1.82, 2.24) is 0 Å². The van der Waals surface area contributed by atoms with Crippen molar-refractivity contribution in [2.24, 2.45) is 11.3 Å². The molecule has 1 unspecified atom stereocenters. The first-order valence-corrected chi connectivity index (χ1v) is 7.93. The molecule has 20 heavy (non-hydrogen) atoms. The summed E-state index contributed by atoms with van der Waals surface area (Å²) in [5.74, 6) is 0.270. The van der Waals surface area contributed by atoms with Crippen LogP contribution in [0.5, 0.6) is 0 Å². The van der Waals surface area contributed by atoms with Gasteiger partial charge in [0.2, 0.25) is 0 Å². The minimum Gasteiger partial charge on any atom is -0.392 e. The van der Waals surface area contributed by atoms with Crippen molar-refractivity contribution >= 4 is 11.6 Å². The molecule has 0 amide bonds. The van der Waals surface area contributed by atoms with Crippen molar-refractivity contribution < 1.29 is 9.50 Å². The van der Waals surface area contributed by atoms with Crippen molar-refractivity contribution in [2.75, 3.05) is 0 Å². The minimum atomic E-state index is -0.438. The second-order valence-electron chi connectivity index (χ2n) is 6.62. The van der Waals surface area contributed by atoms with E-state index in [1.165, 1.54) is 25.0 Å². The number of hydrogen-bond acceptors (Lipinski definition) is 1. The van der Waals surface area contributed by atoms with Crippen molar-refractivity contribution in [1.29, 1.82) is 0 Å². The Bertz CT molecular complexity index is 452. The quantitative estimate of drug-likeness (QED) is 0.812. The van der Waals surface area contributed by atoms with E-state index in [1.807, 2.05) is 0 Å². The lowest BCUT2D eigenvalue weighted by molar-refractivity contribution is 0.0133. The molecule has 0 spiro atoms. The van der Waals surface area contributed by atoms with E-state index in [-0.39, 0.29) is 11.2 Å². The molecule has 0 aromatic heterocycles. The van der Waals surface area contributed by atoms with Gasteiger partial charge in [-0.15, -0.1) is 0 Å². The molecule has 0 saturated heterocycles.